The van der Waals surface area contributed by atoms with Gasteiger partial charge in [-0.15, -0.1) is 0 Å². The van der Waals surface area contributed by atoms with Crippen molar-refractivity contribution in [1.82, 2.24) is 4.98 Å². The highest BCUT2D eigenvalue weighted by molar-refractivity contribution is 5.96. The van der Waals surface area contributed by atoms with Gasteiger partial charge in [0.15, 0.2) is 0 Å². The Bertz CT molecular complexity index is 559. The molecule has 0 radical (unpaired) electrons. The topological polar surface area (TPSA) is 19.0 Å². The first kappa shape index (κ1) is 8.68. The van der Waals surface area contributed by atoms with Gasteiger partial charge in [-0.05, 0) is 31.9 Å². The van der Waals surface area contributed by atoms with E-state index in [-0.39, 0.29) is 0 Å². The van der Waals surface area contributed by atoms with Crippen LogP contribution >= 0.6 is 0 Å². The zero-order valence-corrected chi connectivity index (χ0v) is 9.59. The Labute approximate surface area is 95.3 Å². The van der Waals surface area contributed by atoms with Crippen LogP contribution in [-0.4, -0.2) is 18.1 Å². The molecule has 0 unspecified atom stereocenters. The zero-order valence-electron chi connectivity index (χ0n) is 9.59. The lowest BCUT2D eigenvalue weighted by Crippen LogP contribution is -2.38. The summed E-state index contributed by atoms with van der Waals surface area (Å²) >= 11 is 0. The van der Waals surface area contributed by atoms with E-state index >= 15 is 0 Å². The summed E-state index contributed by atoms with van der Waals surface area (Å²) in [6.07, 6.45) is 2.66. The van der Waals surface area contributed by atoms with Crippen LogP contribution in [0.1, 0.15) is 30.0 Å². The van der Waals surface area contributed by atoms with Crippen LogP contribution in [0.15, 0.2) is 18.2 Å². The number of nitrogens with one attached hydrogen (secondary N) is 1. The summed E-state index contributed by atoms with van der Waals surface area (Å²) in [5, 5.41) is 1.43. The lowest BCUT2D eigenvalue weighted by Gasteiger charge is -2.40. The number of piperidine rings is 1. The molecule has 3 aliphatic rings. The largest absolute Gasteiger partial charge is 0.370 e. The molecule has 0 amide bonds. The second kappa shape index (κ2) is 2.82. The van der Waals surface area contributed by atoms with Gasteiger partial charge in [0.2, 0.25) is 0 Å². The van der Waals surface area contributed by atoms with Crippen molar-refractivity contribution in [1.29, 1.82) is 0 Å². The average Bonchev–Trinajstić information content (AvgIpc) is 2.71. The van der Waals surface area contributed by atoms with Gasteiger partial charge in [-0.2, -0.15) is 0 Å². The van der Waals surface area contributed by atoms with Crippen LogP contribution in [0.4, 0.5) is 5.69 Å². The number of benzene rings is 1. The fourth-order valence-electron chi connectivity index (χ4n) is 3.34. The molecule has 5 rings (SSSR count). The van der Waals surface area contributed by atoms with E-state index in [1.165, 1.54) is 53.8 Å². The molecule has 1 fully saturated rings. The molecule has 0 spiro atoms. The molecular weight excluding hydrogens is 196 g/mol. The maximum atomic E-state index is 3.63. The van der Waals surface area contributed by atoms with Gasteiger partial charge in [0.1, 0.15) is 0 Å². The maximum absolute atomic E-state index is 3.63. The first-order valence-corrected chi connectivity index (χ1v) is 6.20. The molecule has 1 N–H and O–H groups in total. The summed E-state index contributed by atoms with van der Waals surface area (Å²) in [7, 11) is 0. The van der Waals surface area contributed by atoms with Crippen LogP contribution in [0.3, 0.4) is 0 Å². The molecule has 0 saturated carbocycles. The third-order valence-electron chi connectivity index (χ3n) is 4.17. The summed E-state index contributed by atoms with van der Waals surface area (Å²) in [6.45, 7) is 4.67. The van der Waals surface area contributed by atoms with Gasteiger partial charge in [-0.1, -0.05) is 11.6 Å². The number of H-pyrrole nitrogens is 1. The molecule has 2 nitrogen and oxygen atoms in total. The molecule has 1 saturated heterocycles. The van der Waals surface area contributed by atoms with Crippen molar-refractivity contribution in [2.45, 2.75) is 25.7 Å². The van der Waals surface area contributed by atoms with E-state index in [9.17, 15) is 0 Å². The SMILES string of the molecule is Cc1ccc2[nH]c3c(c2c1)N1CCC3CC1. The van der Waals surface area contributed by atoms with Gasteiger partial charge >= 0.3 is 0 Å². The monoisotopic (exact) mass is 212 g/mol. The third kappa shape index (κ3) is 0.972. The number of aromatic nitrogens is 1. The molecule has 2 bridgehead atoms. The fourth-order valence-corrected chi connectivity index (χ4v) is 3.34. The van der Waals surface area contributed by atoms with E-state index in [2.05, 4.69) is 35.0 Å². The molecule has 2 aromatic rings. The Morgan fingerprint density at radius 1 is 1.25 bits per heavy atom. The van der Waals surface area contributed by atoms with Gasteiger partial charge in [0.05, 0.1) is 5.69 Å². The Kier molecular flexibility index (Phi) is 1.53. The molecule has 1 aromatic carbocycles. The lowest BCUT2D eigenvalue weighted by atomic mass is 9.87. The summed E-state index contributed by atoms with van der Waals surface area (Å²) in [6, 6.07) is 6.75. The zero-order chi connectivity index (χ0) is 10.7. The lowest BCUT2D eigenvalue weighted by molar-refractivity contribution is 0.469. The highest BCUT2D eigenvalue weighted by atomic mass is 15.2. The second-order valence-electron chi connectivity index (χ2n) is 5.20. The molecule has 0 aliphatic carbocycles. The number of hydrogen-bond acceptors (Lipinski definition) is 1. The van der Waals surface area contributed by atoms with Crippen molar-refractivity contribution in [2.75, 3.05) is 18.0 Å². The van der Waals surface area contributed by atoms with Crippen molar-refractivity contribution < 1.29 is 0 Å². The number of aryl methyl sites for hydroxylation is 1. The molecule has 0 atom stereocenters. The molecule has 2 heteroatoms. The number of anilines is 1. The van der Waals surface area contributed by atoms with Crippen LogP contribution in [0, 0.1) is 6.92 Å². The first-order valence-electron chi connectivity index (χ1n) is 6.20. The maximum Gasteiger partial charge on any atom is 0.0660 e. The van der Waals surface area contributed by atoms with Crippen LogP contribution in [0.2, 0.25) is 0 Å². The number of nitrogens with zero attached hydrogens (tertiary/aromatic N) is 1. The number of fused-ring (bicyclic) bond motifs is 3. The predicted octanol–water partition coefficient (Wildman–Crippen LogP) is 3.17. The van der Waals surface area contributed by atoms with Crippen LogP contribution < -0.4 is 4.90 Å². The normalized spacial score (nSPS) is 19.4. The molecule has 3 aliphatic heterocycles. The third-order valence-corrected chi connectivity index (χ3v) is 4.17. The van der Waals surface area contributed by atoms with Crippen molar-refractivity contribution in [3.63, 3.8) is 0 Å². The van der Waals surface area contributed by atoms with E-state index in [0.717, 1.165) is 5.92 Å². The van der Waals surface area contributed by atoms with Crippen LogP contribution in [-0.2, 0) is 0 Å². The minimum atomic E-state index is 0.785. The number of aromatic amines is 1. The highest BCUT2D eigenvalue weighted by Crippen LogP contribution is 2.45. The van der Waals surface area contributed by atoms with Crippen molar-refractivity contribution >= 4 is 16.6 Å². The van der Waals surface area contributed by atoms with Gasteiger partial charge < -0.3 is 9.88 Å². The van der Waals surface area contributed by atoms with Gasteiger partial charge in [-0.3, -0.25) is 0 Å². The Morgan fingerprint density at radius 3 is 2.88 bits per heavy atom. The van der Waals surface area contributed by atoms with Crippen molar-refractivity contribution in [3.8, 4) is 0 Å². The van der Waals surface area contributed by atoms with E-state index in [4.69, 9.17) is 0 Å². The van der Waals surface area contributed by atoms with E-state index in [0.29, 0.717) is 0 Å². The quantitative estimate of drug-likeness (QED) is 0.710. The second-order valence-corrected chi connectivity index (χ2v) is 5.20. The summed E-state index contributed by atoms with van der Waals surface area (Å²) in [4.78, 5) is 6.20. The summed E-state index contributed by atoms with van der Waals surface area (Å²) in [5.74, 6) is 0.785. The van der Waals surface area contributed by atoms with E-state index in [1.807, 2.05) is 0 Å². The summed E-state index contributed by atoms with van der Waals surface area (Å²) < 4.78 is 0. The van der Waals surface area contributed by atoms with Gasteiger partial charge in [-0.25, -0.2) is 0 Å². The Balaban J connectivity index is 2.08. The van der Waals surface area contributed by atoms with Crippen LogP contribution in [0.5, 0.6) is 0 Å². The molecule has 4 heterocycles. The molecule has 1 aromatic heterocycles. The number of rotatable bonds is 0. The molecule has 82 valence electrons. The fraction of sp³-hybridized carbons (Fsp3) is 0.429. The van der Waals surface area contributed by atoms with Crippen molar-refractivity contribution in [2.24, 2.45) is 0 Å². The minimum Gasteiger partial charge on any atom is -0.370 e. The number of hydrogen-bond donors (Lipinski definition) is 1. The minimum absolute atomic E-state index is 0.785. The average molecular weight is 212 g/mol. The standard InChI is InChI=1S/C14H16N2/c1-9-2-3-12-11(8-9)14-13(15-12)10-4-6-16(14)7-5-10/h2-3,8,10,15H,4-7H2,1H3. The predicted molar refractivity (Wildman–Crippen MR) is 67.2 cm³/mol. The van der Waals surface area contributed by atoms with Crippen LogP contribution in [0.25, 0.3) is 10.9 Å². The Hall–Kier alpha value is -1.44. The smallest absolute Gasteiger partial charge is 0.0660 e. The van der Waals surface area contributed by atoms with E-state index < -0.39 is 0 Å². The Morgan fingerprint density at radius 2 is 2.06 bits per heavy atom. The van der Waals surface area contributed by atoms with Gasteiger partial charge in [0.25, 0.3) is 0 Å². The van der Waals surface area contributed by atoms with Gasteiger partial charge in [0, 0.05) is 35.6 Å². The molecular formula is C14H16N2. The van der Waals surface area contributed by atoms with E-state index in [1.54, 1.807) is 0 Å². The summed E-state index contributed by atoms with van der Waals surface area (Å²) in [5.41, 5.74) is 5.67. The molecule has 16 heavy (non-hydrogen) atoms. The first-order chi connectivity index (χ1) is 7.83. The highest BCUT2D eigenvalue weighted by Gasteiger charge is 2.33. The van der Waals surface area contributed by atoms with Crippen molar-refractivity contribution in [3.05, 3.63) is 29.5 Å².